The SMILES string of the molecule is CCCCCCCCCCCC[C@@H](O)[C@H]1CC[C@H]([C@H](O)CCCCCC(O)CC(O)CC[C@@H](O)CC2=C[C@H](C)OC2=O)O1. The molecule has 0 aromatic rings. The van der Waals surface area contributed by atoms with Gasteiger partial charge in [0.05, 0.1) is 42.7 Å². The van der Waals surface area contributed by atoms with E-state index in [1.807, 2.05) is 0 Å². The Kier molecular flexibility index (Phi) is 19.9. The van der Waals surface area contributed by atoms with E-state index >= 15 is 0 Å². The Morgan fingerprint density at radius 1 is 0.674 bits per heavy atom. The number of aliphatic hydroxyl groups excluding tert-OH is 5. The monoisotopic (exact) mass is 612 g/mol. The number of carbonyl (C=O) groups excluding carboxylic acids is 1. The van der Waals surface area contributed by atoms with Crippen molar-refractivity contribution in [1.29, 1.82) is 0 Å². The smallest absolute Gasteiger partial charge is 0.334 e. The third kappa shape index (κ3) is 16.7. The summed E-state index contributed by atoms with van der Waals surface area (Å²) in [5.41, 5.74) is 0.483. The van der Waals surface area contributed by atoms with E-state index in [0.29, 0.717) is 31.3 Å². The minimum Gasteiger partial charge on any atom is -0.455 e. The molecule has 2 rings (SSSR count). The first kappa shape index (κ1) is 38.2. The van der Waals surface area contributed by atoms with Crippen LogP contribution in [0.3, 0.4) is 0 Å². The van der Waals surface area contributed by atoms with Crippen LogP contribution in [0.25, 0.3) is 0 Å². The zero-order valence-corrected chi connectivity index (χ0v) is 27.2. The average Bonchev–Trinajstić information content (AvgIpc) is 3.58. The second kappa shape index (κ2) is 22.5. The fourth-order valence-corrected chi connectivity index (χ4v) is 6.45. The first-order valence-electron chi connectivity index (χ1n) is 17.7. The van der Waals surface area contributed by atoms with E-state index in [2.05, 4.69) is 6.92 Å². The summed E-state index contributed by atoms with van der Waals surface area (Å²) in [7, 11) is 0. The van der Waals surface area contributed by atoms with Crippen molar-refractivity contribution in [3.63, 3.8) is 0 Å². The molecule has 2 heterocycles. The molecule has 252 valence electrons. The Labute approximate surface area is 261 Å². The lowest BCUT2D eigenvalue weighted by Crippen LogP contribution is -2.31. The molecule has 43 heavy (non-hydrogen) atoms. The molecule has 0 amide bonds. The first-order chi connectivity index (χ1) is 20.7. The van der Waals surface area contributed by atoms with Gasteiger partial charge in [-0.2, -0.15) is 0 Å². The molecule has 0 bridgehead atoms. The highest BCUT2D eigenvalue weighted by Gasteiger charge is 2.34. The summed E-state index contributed by atoms with van der Waals surface area (Å²) in [6.45, 7) is 4.02. The van der Waals surface area contributed by atoms with Crippen LogP contribution in [0.2, 0.25) is 0 Å². The largest absolute Gasteiger partial charge is 0.455 e. The minimum atomic E-state index is -0.728. The predicted octanol–water partition coefficient (Wildman–Crippen LogP) is 6.03. The molecule has 0 aromatic carbocycles. The van der Waals surface area contributed by atoms with Gasteiger partial charge in [-0.3, -0.25) is 0 Å². The summed E-state index contributed by atoms with van der Waals surface area (Å²) in [6.07, 6.45) is 18.2. The number of carbonyl (C=O) groups is 1. The Bertz CT molecular complexity index is 758. The van der Waals surface area contributed by atoms with Gasteiger partial charge in [-0.1, -0.05) is 90.4 Å². The molecule has 8 atom stereocenters. The number of ether oxygens (including phenoxy) is 2. The van der Waals surface area contributed by atoms with E-state index in [1.165, 1.54) is 57.8 Å². The van der Waals surface area contributed by atoms with Crippen LogP contribution in [0, 0.1) is 0 Å². The highest BCUT2D eigenvalue weighted by atomic mass is 16.5. The number of hydrogen-bond donors (Lipinski definition) is 5. The summed E-state index contributed by atoms with van der Waals surface area (Å²) < 4.78 is 11.1. The molecular weight excluding hydrogens is 548 g/mol. The lowest BCUT2D eigenvalue weighted by Gasteiger charge is -2.22. The summed E-state index contributed by atoms with van der Waals surface area (Å²) in [5.74, 6) is -0.386. The maximum absolute atomic E-state index is 11.7. The predicted molar refractivity (Wildman–Crippen MR) is 170 cm³/mol. The van der Waals surface area contributed by atoms with E-state index in [1.54, 1.807) is 13.0 Å². The van der Waals surface area contributed by atoms with E-state index in [0.717, 1.165) is 44.9 Å². The van der Waals surface area contributed by atoms with E-state index in [-0.39, 0.29) is 37.1 Å². The molecular formula is C35H64O8. The summed E-state index contributed by atoms with van der Waals surface area (Å²) >= 11 is 0. The van der Waals surface area contributed by atoms with Crippen LogP contribution in [0.4, 0.5) is 0 Å². The maximum atomic E-state index is 11.7. The van der Waals surface area contributed by atoms with Gasteiger partial charge in [-0.05, 0) is 64.4 Å². The molecule has 0 spiro atoms. The molecule has 0 aliphatic carbocycles. The van der Waals surface area contributed by atoms with Gasteiger partial charge < -0.3 is 35.0 Å². The number of cyclic esters (lactones) is 1. The van der Waals surface area contributed by atoms with Crippen molar-refractivity contribution in [2.45, 2.75) is 204 Å². The minimum absolute atomic E-state index is 0.166. The van der Waals surface area contributed by atoms with E-state index in [4.69, 9.17) is 9.47 Å². The topological polar surface area (TPSA) is 137 Å². The maximum Gasteiger partial charge on any atom is 0.334 e. The van der Waals surface area contributed by atoms with Crippen molar-refractivity contribution in [2.75, 3.05) is 0 Å². The number of hydrogen-bond acceptors (Lipinski definition) is 8. The zero-order chi connectivity index (χ0) is 31.5. The molecule has 0 radical (unpaired) electrons. The third-order valence-corrected chi connectivity index (χ3v) is 9.16. The fourth-order valence-electron chi connectivity index (χ4n) is 6.45. The summed E-state index contributed by atoms with van der Waals surface area (Å²) in [4.78, 5) is 11.7. The second-order valence-corrected chi connectivity index (χ2v) is 13.3. The number of esters is 1. The van der Waals surface area contributed by atoms with E-state index in [9.17, 15) is 30.3 Å². The van der Waals surface area contributed by atoms with Crippen LogP contribution in [0.5, 0.6) is 0 Å². The van der Waals surface area contributed by atoms with Gasteiger partial charge in [-0.15, -0.1) is 0 Å². The summed E-state index contributed by atoms with van der Waals surface area (Å²) in [6, 6.07) is 0. The van der Waals surface area contributed by atoms with Crippen molar-refractivity contribution < 1.29 is 39.8 Å². The van der Waals surface area contributed by atoms with Crippen LogP contribution >= 0.6 is 0 Å². The van der Waals surface area contributed by atoms with Gasteiger partial charge in [0.25, 0.3) is 0 Å². The Hall–Kier alpha value is -1.03. The van der Waals surface area contributed by atoms with Crippen LogP contribution in [-0.2, 0) is 14.3 Å². The van der Waals surface area contributed by atoms with Crippen LogP contribution in [0.1, 0.15) is 155 Å². The standard InChI is InChI=1S/C35H64O8/c1-3-4-5-6-7-8-9-10-11-14-17-31(39)33-21-22-34(43-33)32(40)18-15-12-13-16-28(36)25-30(38)20-19-29(37)24-27-23-26(2)42-35(27)41/h23,26,28-34,36-40H,3-22,24-25H2,1-2H3/t26-,28?,29+,30?,31+,32+,33+,34+/m0/s1. The molecule has 2 aliphatic heterocycles. The van der Waals surface area contributed by atoms with E-state index < -0.39 is 30.5 Å². The lowest BCUT2D eigenvalue weighted by molar-refractivity contribution is -0.139. The van der Waals surface area contributed by atoms with Crippen molar-refractivity contribution in [3.05, 3.63) is 11.6 Å². The van der Waals surface area contributed by atoms with Gasteiger partial charge in [0.2, 0.25) is 0 Å². The Balaban J connectivity index is 1.45. The number of unbranched alkanes of at least 4 members (excludes halogenated alkanes) is 11. The molecule has 8 nitrogen and oxygen atoms in total. The molecule has 0 saturated carbocycles. The molecule has 1 saturated heterocycles. The van der Waals surface area contributed by atoms with Crippen LogP contribution < -0.4 is 0 Å². The quantitative estimate of drug-likeness (QED) is 0.0590. The van der Waals surface area contributed by atoms with Gasteiger partial charge >= 0.3 is 5.97 Å². The normalized spacial score (nSPS) is 24.0. The average molecular weight is 613 g/mol. The number of aliphatic hydroxyl groups is 5. The molecule has 5 N–H and O–H groups in total. The first-order valence-corrected chi connectivity index (χ1v) is 17.7. The van der Waals surface area contributed by atoms with Crippen molar-refractivity contribution in [3.8, 4) is 0 Å². The molecule has 2 unspecified atom stereocenters. The fraction of sp³-hybridized carbons (Fsp3) is 0.914. The zero-order valence-electron chi connectivity index (χ0n) is 27.2. The van der Waals surface area contributed by atoms with Crippen molar-refractivity contribution >= 4 is 5.97 Å². The highest BCUT2D eigenvalue weighted by Crippen LogP contribution is 2.28. The third-order valence-electron chi connectivity index (χ3n) is 9.16. The van der Waals surface area contributed by atoms with Gasteiger partial charge in [0.15, 0.2) is 0 Å². The Morgan fingerprint density at radius 3 is 1.67 bits per heavy atom. The van der Waals surface area contributed by atoms with Crippen molar-refractivity contribution in [2.24, 2.45) is 0 Å². The second-order valence-electron chi connectivity index (χ2n) is 13.3. The van der Waals surface area contributed by atoms with Gasteiger partial charge in [-0.25, -0.2) is 4.79 Å². The molecule has 1 fully saturated rings. The van der Waals surface area contributed by atoms with Gasteiger partial charge in [0, 0.05) is 12.0 Å². The molecule has 0 aromatic heterocycles. The van der Waals surface area contributed by atoms with Gasteiger partial charge in [0.1, 0.15) is 6.10 Å². The lowest BCUT2D eigenvalue weighted by atomic mass is 9.97. The summed E-state index contributed by atoms with van der Waals surface area (Å²) in [5, 5.41) is 52.0. The number of rotatable bonds is 26. The molecule has 2 aliphatic rings. The van der Waals surface area contributed by atoms with Crippen molar-refractivity contribution in [1.82, 2.24) is 0 Å². The Morgan fingerprint density at radius 2 is 1.14 bits per heavy atom. The molecule has 8 heteroatoms. The highest BCUT2D eigenvalue weighted by molar-refractivity contribution is 5.90. The van der Waals surface area contributed by atoms with Crippen LogP contribution in [0.15, 0.2) is 11.6 Å². The van der Waals surface area contributed by atoms with Crippen LogP contribution in [-0.4, -0.2) is 80.3 Å².